The normalized spacial score (nSPS) is 21.6. The summed E-state index contributed by atoms with van der Waals surface area (Å²) >= 11 is 0. The molecule has 4 heteroatoms. The number of benzene rings is 1. The van der Waals surface area contributed by atoms with Crippen LogP contribution in [0.4, 0.5) is 4.39 Å². The molecule has 116 valence electrons. The van der Waals surface area contributed by atoms with Crippen molar-refractivity contribution in [2.45, 2.75) is 45.7 Å². The smallest absolute Gasteiger partial charge is 0.254 e. The summed E-state index contributed by atoms with van der Waals surface area (Å²) in [7, 11) is 0. The Morgan fingerprint density at radius 1 is 1.48 bits per heavy atom. The molecular formula is C17H25FN2O. The van der Waals surface area contributed by atoms with Gasteiger partial charge in [0.05, 0.1) is 5.54 Å². The standard InChI is InChI=1S/C17H25FN2O/c1-12(2)8-15-10-20(17(3,4)11-19-15)16(21)13-6-5-7-14(18)9-13/h5-7,9,12,15,19H,8,10-11H2,1-4H3. The summed E-state index contributed by atoms with van der Waals surface area (Å²) in [6, 6.07) is 6.25. The third-order valence-electron chi connectivity index (χ3n) is 4.03. The fourth-order valence-corrected chi connectivity index (χ4v) is 2.88. The quantitative estimate of drug-likeness (QED) is 0.928. The number of carbonyl (C=O) groups excluding carboxylic acids is 1. The molecule has 1 aliphatic heterocycles. The van der Waals surface area contributed by atoms with Gasteiger partial charge in [-0.2, -0.15) is 0 Å². The van der Waals surface area contributed by atoms with Crippen LogP contribution in [0.5, 0.6) is 0 Å². The average Bonchev–Trinajstić information content (AvgIpc) is 2.39. The van der Waals surface area contributed by atoms with Crippen molar-refractivity contribution in [2.75, 3.05) is 13.1 Å². The molecule has 1 aliphatic rings. The van der Waals surface area contributed by atoms with Gasteiger partial charge in [0.1, 0.15) is 5.82 Å². The Bertz CT molecular complexity index is 513. The van der Waals surface area contributed by atoms with Crippen LogP contribution in [0.1, 0.15) is 44.5 Å². The summed E-state index contributed by atoms with van der Waals surface area (Å²) in [6.45, 7) is 9.87. The Hall–Kier alpha value is -1.42. The van der Waals surface area contributed by atoms with Crippen LogP contribution in [-0.2, 0) is 0 Å². The van der Waals surface area contributed by atoms with E-state index in [1.165, 1.54) is 12.1 Å². The molecule has 1 amide bonds. The number of hydrogen-bond acceptors (Lipinski definition) is 2. The van der Waals surface area contributed by atoms with E-state index < -0.39 is 0 Å². The zero-order valence-electron chi connectivity index (χ0n) is 13.3. The highest BCUT2D eigenvalue weighted by Gasteiger charge is 2.37. The molecule has 0 saturated carbocycles. The van der Waals surface area contributed by atoms with Crippen LogP contribution in [0, 0.1) is 11.7 Å². The van der Waals surface area contributed by atoms with Gasteiger partial charge in [-0.15, -0.1) is 0 Å². The van der Waals surface area contributed by atoms with Crippen molar-refractivity contribution in [1.82, 2.24) is 10.2 Å². The summed E-state index contributed by atoms with van der Waals surface area (Å²) in [5.41, 5.74) is 0.157. The van der Waals surface area contributed by atoms with Gasteiger partial charge >= 0.3 is 0 Å². The number of halogens is 1. The highest BCUT2D eigenvalue weighted by atomic mass is 19.1. The van der Waals surface area contributed by atoms with Crippen molar-refractivity contribution in [2.24, 2.45) is 5.92 Å². The number of amides is 1. The fraction of sp³-hybridized carbons (Fsp3) is 0.588. The van der Waals surface area contributed by atoms with Gasteiger partial charge in [-0.3, -0.25) is 4.79 Å². The first-order valence-electron chi connectivity index (χ1n) is 7.60. The second-order valence-corrected chi connectivity index (χ2v) is 6.95. The van der Waals surface area contributed by atoms with Gasteiger partial charge in [0.2, 0.25) is 0 Å². The minimum Gasteiger partial charge on any atom is -0.331 e. The first-order chi connectivity index (χ1) is 9.79. The molecule has 1 aromatic rings. The highest BCUT2D eigenvalue weighted by molar-refractivity contribution is 5.94. The van der Waals surface area contributed by atoms with Crippen LogP contribution in [-0.4, -0.2) is 35.5 Å². The zero-order valence-corrected chi connectivity index (χ0v) is 13.3. The van der Waals surface area contributed by atoms with E-state index in [4.69, 9.17) is 0 Å². The largest absolute Gasteiger partial charge is 0.331 e. The van der Waals surface area contributed by atoms with Gasteiger partial charge in [-0.25, -0.2) is 4.39 Å². The number of hydrogen-bond donors (Lipinski definition) is 1. The Morgan fingerprint density at radius 3 is 2.81 bits per heavy atom. The SMILES string of the molecule is CC(C)CC1CN(C(=O)c2cccc(F)c2)C(C)(C)CN1. The molecule has 0 spiro atoms. The second-order valence-electron chi connectivity index (χ2n) is 6.95. The predicted molar refractivity (Wildman–Crippen MR) is 82.8 cm³/mol. The van der Waals surface area contributed by atoms with E-state index in [2.05, 4.69) is 19.2 Å². The Labute approximate surface area is 126 Å². The Balaban J connectivity index is 2.19. The maximum atomic E-state index is 13.4. The summed E-state index contributed by atoms with van der Waals surface area (Å²) in [4.78, 5) is 14.6. The monoisotopic (exact) mass is 292 g/mol. The summed E-state index contributed by atoms with van der Waals surface area (Å²) < 4.78 is 13.4. The molecular weight excluding hydrogens is 267 g/mol. The molecule has 1 fully saturated rings. The molecule has 0 radical (unpaired) electrons. The van der Waals surface area contributed by atoms with E-state index in [9.17, 15) is 9.18 Å². The van der Waals surface area contributed by atoms with E-state index in [0.29, 0.717) is 24.1 Å². The van der Waals surface area contributed by atoms with Crippen LogP contribution >= 0.6 is 0 Å². The van der Waals surface area contributed by atoms with Crippen molar-refractivity contribution in [3.63, 3.8) is 0 Å². The van der Waals surface area contributed by atoms with E-state index >= 15 is 0 Å². The van der Waals surface area contributed by atoms with Gasteiger partial charge in [0.15, 0.2) is 0 Å². The van der Waals surface area contributed by atoms with Crippen molar-refractivity contribution >= 4 is 5.91 Å². The van der Waals surface area contributed by atoms with Crippen LogP contribution in [0.15, 0.2) is 24.3 Å². The van der Waals surface area contributed by atoms with E-state index in [-0.39, 0.29) is 17.3 Å². The summed E-state index contributed by atoms with van der Waals surface area (Å²) in [5, 5.41) is 3.52. The second kappa shape index (κ2) is 6.14. The van der Waals surface area contributed by atoms with E-state index in [0.717, 1.165) is 13.0 Å². The lowest BCUT2D eigenvalue weighted by Gasteiger charge is -2.46. The molecule has 0 aromatic heterocycles. The van der Waals surface area contributed by atoms with Gasteiger partial charge in [-0.05, 0) is 44.4 Å². The lowest BCUT2D eigenvalue weighted by Crippen LogP contribution is -2.63. The lowest BCUT2D eigenvalue weighted by molar-refractivity contribution is 0.0377. The van der Waals surface area contributed by atoms with Crippen molar-refractivity contribution in [1.29, 1.82) is 0 Å². The van der Waals surface area contributed by atoms with Gasteiger partial charge in [0, 0.05) is 24.7 Å². The van der Waals surface area contributed by atoms with Gasteiger partial charge in [-0.1, -0.05) is 19.9 Å². The highest BCUT2D eigenvalue weighted by Crippen LogP contribution is 2.23. The van der Waals surface area contributed by atoms with Crippen LogP contribution < -0.4 is 5.32 Å². The topological polar surface area (TPSA) is 32.3 Å². The average molecular weight is 292 g/mol. The Kier molecular flexibility index (Phi) is 4.67. The first kappa shape index (κ1) is 16.0. The Morgan fingerprint density at radius 2 is 2.19 bits per heavy atom. The summed E-state index contributed by atoms with van der Waals surface area (Å²) in [5.74, 6) is 0.122. The zero-order chi connectivity index (χ0) is 15.6. The molecule has 1 atom stereocenters. The molecule has 21 heavy (non-hydrogen) atoms. The number of piperazine rings is 1. The third-order valence-corrected chi connectivity index (χ3v) is 4.03. The number of carbonyl (C=O) groups is 1. The molecule has 3 nitrogen and oxygen atoms in total. The number of nitrogens with one attached hydrogen (secondary N) is 1. The molecule has 0 aliphatic carbocycles. The fourth-order valence-electron chi connectivity index (χ4n) is 2.88. The maximum Gasteiger partial charge on any atom is 0.254 e. The minimum atomic E-state index is -0.368. The molecule has 1 heterocycles. The molecule has 1 saturated heterocycles. The minimum absolute atomic E-state index is 0.0882. The number of rotatable bonds is 3. The van der Waals surface area contributed by atoms with Crippen molar-refractivity contribution in [3.8, 4) is 0 Å². The van der Waals surface area contributed by atoms with Gasteiger partial charge < -0.3 is 10.2 Å². The van der Waals surface area contributed by atoms with Crippen LogP contribution in [0.3, 0.4) is 0 Å². The van der Waals surface area contributed by atoms with Crippen molar-refractivity contribution in [3.05, 3.63) is 35.6 Å². The maximum absolute atomic E-state index is 13.4. The van der Waals surface area contributed by atoms with Crippen LogP contribution in [0.2, 0.25) is 0 Å². The van der Waals surface area contributed by atoms with E-state index in [1.54, 1.807) is 12.1 Å². The lowest BCUT2D eigenvalue weighted by atomic mass is 9.93. The van der Waals surface area contributed by atoms with Crippen LogP contribution in [0.25, 0.3) is 0 Å². The molecule has 0 bridgehead atoms. The first-order valence-corrected chi connectivity index (χ1v) is 7.60. The molecule has 1 N–H and O–H groups in total. The van der Waals surface area contributed by atoms with Gasteiger partial charge in [0.25, 0.3) is 5.91 Å². The molecule has 2 rings (SSSR count). The number of nitrogens with zero attached hydrogens (tertiary/aromatic N) is 1. The van der Waals surface area contributed by atoms with Crippen molar-refractivity contribution < 1.29 is 9.18 Å². The predicted octanol–water partition coefficient (Wildman–Crippen LogP) is 3.06. The van der Waals surface area contributed by atoms with E-state index in [1.807, 2.05) is 18.7 Å². The molecule has 1 unspecified atom stereocenters. The third kappa shape index (κ3) is 3.82. The molecule has 1 aromatic carbocycles. The summed E-state index contributed by atoms with van der Waals surface area (Å²) in [6.07, 6.45) is 1.03.